The maximum absolute atomic E-state index is 12.1. The lowest BCUT2D eigenvalue weighted by atomic mass is 10.2. The smallest absolute Gasteiger partial charge is 0.240 e. The molecular weight excluding hydrogens is 242 g/mol. The molecule has 5 heteroatoms. The largest absolute Gasteiger partial charge is 0.383 e. The fourth-order valence-corrected chi connectivity index (χ4v) is 1.63. The third-order valence-electron chi connectivity index (χ3n) is 2.58. The Bertz CT molecular complexity index is 414. The molecule has 1 amide bonds. The Morgan fingerprint density at radius 2 is 2.16 bits per heavy atom. The Hall–Kier alpha value is -1.90. The van der Waals surface area contributed by atoms with Crippen LogP contribution in [0.5, 0.6) is 0 Å². The van der Waals surface area contributed by atoms with Gasteiger partial charge in [-0.05, 0) is 12.1 Å². The molecule has 0 atom stereocenters. The lowest BCUT2D eigenvalue weighted by molar-refractivity contribution is -0.117. The first-order chi connectivity index (χ1) is 9.29. The Balaban J connectivity index is 2.59. The summed E-state index contributed by atoms with van der Waals surface area (Å²) in [6.45, 7) is 1.84. The number of benzene rings is 1. The van der Waals surface area contributed by atoms with Crippen molar-refractivity contribution in [2.45, 2.75) is 6.42 Å². The van der Waals surface area contributed by atoms with Gasteiger partial charge in [-0.1, -0.05) is 18.2 Å². The normalized spacial score (nSPS) is 9.89. The van der Waals surface area contributed by atoms with Gasteiger partial charge in [0.25, 0.3) is 0 Å². The highest BCUT2D eigenvalue weighted by Crippen LogP contribution is 2.13. The van der Waals surface area contributed by atoms with Gasteiger partial charge in [-0.15, -0.1) is 0 Å². The lowest BCUT2D eigenvalue weighted by Gasteiger charge is -2.22. The SMILES string of the molecule is COCCNCC(=O)N(CCC#N)c1ccccc1. The average molecular weight is 261 g/mol. The standard InChI is InChI=1S/C14H19N3O2/c1-19-11-9-16-12-14(18)17(10-5-8-15)13-6-3-2-4-7-13/h2-4,6-7,16H,5,9-12H2,1H3. The van der Waals surface area contributed by atoms with Gasteiger partial charge in [0, 0.05) is 25.9 Å². The van der Waals surface area contributed by atoms with Crippen LogP contribution in [-0.4, -0.2) is 39.3 Å². The average Bonchev–Trinajstić information content (AvgIpc) is 2.45. The molecule has 0 spiro atoms. The molecule has 102 valence electrons. The highest BCUT2D eigenvalue weighted by atomic mass is 16.5. The molecule has 0 bridgehead atoms. The topological polar surface area (TPSA) is 65.4 Å². The molecule has 0 saturated heterocycles. The summed E-state index contributed by atoms with van der Waals surface area (Å²) in [6.07, 6.45) is 0.318. The minimum Gasteiger partial charge on any atom is -0.383 e. The van der Waals surface area contributed by atoms with Crippen molar-refractivity contribution in [3.8, 4) is 6.07 Å². The van der Waals surface area contributed by atoms with Crippen LogP contribution in [0.3, 0.4) is 0 Å². The molecule has 0 saturated carbocycles. The fourth-order valence-electron chi connectivity index (χ4n) is 1.63. The summed E-state index contributed by atoms with van der Waals surface area (Å²) in [4.78, 5) is 13.8. The van der Waals surface area contributed by atoms with Gasteiger partial charge >= 0.3 is 0 Å². The van der Waals surface area contributed by atoms with E-state index in [4.69, 9.17) is 10.00 Å². The van der Waals surface area contributed by atoms with Crippen molar-refractivity contribution in [2.75, 3.05) is 38.3 Å². The minimum absolute atomic E-state index is 0.0439. The van der Waals surface area contributed by atoms with Gasteiger partial charge < -0.3 is 15.0 Å². The monoisotopic (exact) mass is 261 g/mol. The number of nitrogens with zero attached hydrogens (tertiary/aromatic N) is 2. The van der Waals surface area contributed by atoms with Gasteiger partial charge in [-0.2, -0.15) is 5.26 Å². The van der Waals surface area contributed by atoms with Crippen LogP contribution in [0.25, 0.3) is 0 Å². The number of amides is 1. The van der Waals surface area contributed by atoms with E-state index in [2.05, 4.69) is 11.4 Å². The second-order valence-electron chi connectivity index (χ2n) is 3.96. The molecule has 1 rings (SSSR count). The number of methoxy groups -OCH3 is 1. The first-order valence-corrected chi connectivity index (χ1v) is 6.21. The van der Waals surface area contributed by atoms with E-state index in [1.54, 1.807) is 12.0 Å². The van der Waals surface area contributed by atoms with Crippen molar-refractivity contribution in [1.82, 2.24) is 5.32 Å². The van der Waals surface area contributed by atoms with E-state index >= 15 is 0 Å². The van der Waals surface area contributed by atoms with Gasteiger partial charge in [-0.25, -0.2) is 0 Å². The lowest BCUT2D eigenvalue weighted by Crippen LogP contribution is -2.39. The van der Waals surface area contributed by atoms with Crippen molar-refractivity contribution < 1.29 is 9.53 Å². The van der Waals surface area contributed by atoms with Crippen LogP contribution < -0.4 is 10.2 Å². The molecule has 0 aliphatic heterocycles. The van der Waals surface area contributed by atoms with E-state index < -0.39 is 0 Å². The van der Waals surface area contributed by atoms with Crippen molar-refractivity contribution in [3.63, 3.8) is 0 Å². The number of para-hydroxylation sites is 1. The van der Waals surface area contributed by atoms with Crippen molar-refractivity contribution >= 4 is 11.6 Å². The highest BCUT2D eigenvalue weighted by Gasteiger charge is 2.14. The van der Waals surface area contributed by atoms with Crippen LogP contribution in [-0.2, 0) is 9.53 Å². The first-order valence-electron chi connectivity index (χ1n) is 6.21. The summed E-state index contributed by atoms with van der Waals surface area (Å²) in [6, 6.07) is 11.4. The molecular formula is C14H19N3O2. The zero-order valence-corrected chi connectivity index (χ0v) is 11.1. The third kappa shape index (κ3) is 5.51. The Labute approximate surface area is 113 Å². The van der Waals surface area contributed by atoms with Gasteiger partial charge in [-0.3, -0.25) is 4.79 Å². The van der Waals surface area contributed by atoms with E-state index in [9.17, 15) is 4.79 Å². The second kappa shape index (κ2) is 9.09. The molecule has 1 aromatic rings. The molecule has 0 fully saturated rings. The van der Waals surface area contributed by atoms with Crippen molar-refractivity contribution in [3.05, 3.63) is 30.3 Å². The van der Waals surface area contributed by atoms with Gasteiger partial charge in [0.2, 0.25) is 5.91 Å². The summed E-state index contributed by atoms with van der Waals surface area (Å²) in [5.41, 5.74) is 0.816. The van der Waals surface area contributed by atoms with E-state index in [0.717, 1.165) is 5.69 Å². The molecule has 0 aliphatic carbocycles. The minimum atomic E-state index is -0.0439. The second-order valence-corrected chi connectivity index (χ2v) is 3.96. The number of nitriles is 1. The molecule has 19 heavy (non-hydrogen) atoms. The summed E-state index contributed by atoms with van der Waals surface area (Å²) in [5, 5.41) is 11.7. The number of anilines is 1. The summed E-state index contributed by atoms with van der Waals surface area (Å²) < 4.78 is 4.90. The van der Waals surface area contributed by atoms with Crippen LogP contribution >= 0.6 is 0 Å². The summed E-state index contributed by atoms with van der Waals surface area (Å²) >= 11 is 0. The predicted octanol–water partition coefficient (Wildman–Crippen LogP) is 1.17. The summed E-state index contributed by atoms with van der Waals surface area (Å²) in [5.74, 6) is -0.0439. The molecule has 0 radical (unpaired) electrons. The van der Waals surface area contributed by atoms with E-state index in [1.165, 1.54) is 0 Å². The van der Waals surface area contributed by atoms with Crippen LogP contribution in [0.4, 0.5) is 5.69 Å². The van der Waals surface area contributed by atoms with Crippen molar-refractivity contribution in [2.24, 2.45) is 0 Å². The van der Waals surface area contributed by atoms with Crippen LogP contribution in [0.15, 0.2) is 30.3 Å². The Morgan fingerprint density at radius 1 is 1.42 bits per heavy atom. The number of carbonyl (C=O) groups excluding carboxylic acids is 1. The number of carbonyl (C=O) groups is 1. The zero-order chi connectivity index (χ0) is 13.9. The highest BCUT2D eigenvalue weighted by molar-refractivity contribution is 5.94. The number of hydrogen-bond acceptors (Lipinski definition) is 4. The van der Waals surface area contributed by atoms with Gasteiger partial charge in [0.1, 0.15) is 0 Å². The molecule has 1 N–H and O–H groups in total. The fraction of sp³-hybridized carbons (Fsp3) is 0.429. The van der Waals surface area contributed by atoms with Gasteiger partial charge in [0.15, 0.2) is 0 Å². The summed E-state index contributed by atoms with van der Waals surface area (Å²) in [7, 11) is 1.62. The van der Waals surface area contributed by atoms with Gasteiger partial charge in [0.05, 0.1) is 25.6 Å². The maximum atomic E-state index is 12.1. The van der Waals surface area contributed by atoms with E-state index in [1.807, 2.05) is 30.3 Å². The Morgan fingerprint density at radius 3 is 2.79 bits per heavy atom. The molecule has 0 unspecified atom stereocenters. The predicted molar refractivity (Wildman–Crippen MR) is 73.8 cm³/mol. The van der Waals surface area contributed by atoms with E-state index in [0.29, 0.717) is 26.1 Å². The van der Waals surface area contributed by atoms with Crippen molar-refractivity contribution in [1.29, 1.82) is 5.26 Å². The third-order valence-corrected chi connectivity index (χ3v) is 2.58. The quantitative estimate of drug-likeness (QED) is 0.713. The zero-order valence-electron chi connectivity index (χ0n) is 11.1. The molecule has 1 aromatic carbocycles. The number of nitrogens with one attached hydrogen (secondary N) is 1. The molecule has 0 aliphatic rings. The van der Waals surface area contributed by atoms with Crippen LogP contribution in [0, 0.1) is 11.3 Å². The maximum Gasteiger partial charge on any atom is 0.240 e. The number of ether oxygens (including phenoxy) is 1. The molecule has 0 aromatic heterocycles. The number of hydrogen-bond donors (Lipinski definition) is 1. The van der Waals surface area contributed by atoms with Crippen LogP contribution in [0.1, 0.15) is 6.42 Å². The van der Waals surface area contributed by atoms with E-state index in [-0.39, 0.29) is 12.5 Å². The molecule has 5 nitrogen and oxygen atoms in total. The first kappa shape index (κ1) is 15.2. The van der Waals surface area contributed by atoms with Crippen LogP contribution in [0.2, 0.25) is 0 Å². The molecule has 0 heterocycles. The Kier molecular flexibility index (Phi) is 7.25. The number of rotatable bonds is 8.